The van der Waals surface area contributed by atoms with Crippen LogP contribution < -0.4 is 4.43 Å². The molecule has 13 aliphatic rings. The highest BCUT2D eigenvalue weighted by atomic mass is 28.4. The first-order chi connectivity index (χ1) is 46.2. The molecule has 0 radical (unpaired) electrons. The molecular formula is C85H157NO6Si6. The summed E-state index contributed by atoms with van der Waals surface area (Å²) in [5.41, 5.74) is 5.70. The summed E-state index contributed by atoms with van der Waals surface area (Å²) in [6, 6.07) is 12.0. The highest BCUT2D eigenvalue weighted by molar-refractivity contribution is 6.79. The van der Waals surface area contributed by atoms with Crippen LogP contribution in [0.15, 0.2) is 30.3 Å². The van der Waals surface area contributed by atoms with Crippen molar-refractivity contribution in [3.63, 3.8) is 0 Å². The molecule has 562 valence electrons. The van der Waals surface area contributed by atoms with Crippen molar-refractivity contribution in [3.8, 4) is 5.75 Å². The van der Waals surface area contributed by atoms with Crippen LogP contribution in [0.25, 0.3) is 0 Å². The molecule has 1 heterocycles. The first-order valence-electron chi connectivity index (χ1n) is 42.8. The summed E-state index contributed by atoms with van der Waals surface area (Å²) in [5, 5.41) is 0. The summed E-state index contributed by atoms with van der Waals surface area (Å²) in [6.45, 7) is 46.0. The zero-order valence-corrected chi connectivity index (χ0v) is 73.6. The Kier molecular flexibility index (Phi) is 29.2. The van der Waals surface area contributed by atoms with E-state index in [0.29, 0.717) is 18.4 Å². The number of nitrogens with zero attached hydrogens (tertiary/aromatic N) is 1. The normalized spacial score (nSPS) is 34.4. The van der Waals surface area contributed by atoms with E-state index in [1.165, 1.54) is 185 Å². The van der Waals surface area contributed by atoms with E-state index in [2.05, 4.69) is 162 Å². The smallest absolute Gasteiger partial charge is 0.292 e. The number of fused-ring (bicyclic) bond motifs is 12. The van der Waals surface area contributed by atoms with Crippen LogP contribution in [0, 0.1) is 71.0 Å². The Hall–Kier alpha value is -0.819. The summed E-state index contributed by atoms with van der Waals surface area (Å²) in [6.07, 6.45) is 50.1. The van der Waals surface area contributed by atoms with Crippen LogP contribution in [0.2, 0.25) is 118 Å². The fraction of sp³-hybridized carbons (Fsp3) is 0.906. The molecule has 98 heavy (non-hydrogen) atoms. The number of para-hydroxylation sites is 1. The Balaban J connectivity index is 0.000000138. The Morgan fingerprint density at radius 3 is 1.29 bits per heavy atom. The van der Waals surface area contributed by atoms with Gasteiger partial charge in [0.1, 0.15) is 5.75 Å². The molecule has 12 bridgehead atoms. The molecular weight excluding hydrogens is 1300 g/mol. The Bertz CT molecular complexity index is 2610. The second-order valence-electron chi connectivity index (χ2n) is 40.5. The van der Waals surface area contributed by atoms with Gasteiger partial charge in [-0.05, 0) is 299 Å². The lowest BCUT2D eigenvalue weighted by Gasteiger charge is -2.46. The van der Waals surface area contributed by atoms with Crippen molar-refractivity contribution in [2.75, 3.05) is 6.54 Å². The molecule has 0 spiro atoms. The van der Waals surface area contributed by atoms with E-state index in [4.69, 9.17) is 17.7 Å². The van der Waals surface area contributed by atoms with E-state index >= 15 is 0 Å². The van der Waals surface area contributed by atoms with Gasteiger partial charge in [0.2, 0.25) is 14.2 Å². The zero-order valence-electron chi connectivity index (χ0n) is 67.6. The molecule has 1 aromatic carbocycles. The highest BCUT2D eigenvalue weighted by Crippen LogP contribution is 2.61. The van der Waals surface area contributed by atoms with E-state index in [1.807, 2.05) is 0 Å². The van der Waals surface area contributed by atoms with E-state index < -0.39 is 49.6 Å². The second-order valence-corrected chi connectivity index (χ2v) is 66.9. The zero-order chi connectivity index (χ0) is 71.0. The largest absolute Gasteiger partial charge is 0.544 e. The molecule has 12 saturated carbocycles. The van der Waals surface area contributed by atoms with Gasteiger partial charge in [-0.2, -0.15) is 0 Å². The first-order valence-corrected chi connectivity index (χ1v) is 61.1. The second kappa shape index (κ2) is 35.3. The van der Waals surface area contributed by atoms with Gasteiger partial charge in [-0.3, -0.25) is 9.59 Å². The topological polar surface area (TPSA) is 74.3 Å². The van der Waals surface area contributed by atoms with Gasteiger partial charge >= 0.3 is 0 Å². The van der Waals surface area contributed by atoms with Crippen LogP contribution in [0.4, 0.5) is 0 Å². The molecule has 13 fully saturated rings. The summed E-state index contributed by atoms with van der Waals surface area (Å²) in [5.74, 6) is 13.9. The maximum Gasteiger partial charge on any atom is 0.292 e. The standard InChI is InChI=1S/C16H30O2Si.C15H22OSi.C14H25NOSi.C14H28Si.2C13H26OSi/c1-4-5-6-7-8-16(17)18-19(2,3)15-12-13-9-10-14(15)11-13;1-17(2,16-14-6-4-3-5-7-14)15-11-12-8-9-13(15)10-12;1-17(2,15-8-4-3-5-14(15)16)13-10-11-6-7-12(13)9-11;1-4-5-6-9-15(2,3)14-11-12-7-8-13(14)10-12;1-13(2,3)14-15(4,5)12-9-10-6-7-11(12)8-10;1-5-10(2)14-15(3,4)13-9-11-6-7-12(13)8-11/h13-15H,4-12H2,1-3H3;3-7,12-13,15H,8-11H2,1-2H3;11-13H,3-10H2,1-2H3;12-14H,4-11H2,1-3H3;10-12H,6-9H2,1-5H3;10-13H,5-9H2,1-4H3. The van der Waals surface area contributed by atoms with Crippen LogP contribution >= 0.6 is 0 Å². The quantitative estimate of drug-likeness (QED) is 0.0803. The lowest BCUT2D eigenvalue weighted by molar-refractivity contribution is -0.135. The van der Waals surface area contributed by atoms with Gasteiger partial charge in [0.15, 0.2) is 24.9 Å². The Morgan fingerprint density at radius 2 is 0.888 bits per heavy atom. The number of benzene rings is 1. The fourth-order valence-electron chi connectivity index (χ4n) is 24.9. The third-order valence-electron chi connectivity index (χ3n) is 29.7. The summed E-state index contributed by atoms with van der Waals surface area (Å²) in [4.78, 5) is 24.2. The van der Waals surface area contributed by atoms with Crippen molar-refractivity contribution in [3.05, 3.63) is 30.3 Å². The molecule has 0 N–H and O–H groups in total. The van der Waals surface area contributed by atoms with Crippen LogP contribution in [0.3, 0.4) is 0 Å². The molecule has 1 aromatic rings. The number of carbonyl (C=O) groups is 2. The van der Waals surface area contributed by atoms with Crippen molar-refractivity contribution < 1.29 is 27.3 Å². The maximum absolute atomic E-state index is 12.2. The minimum atomic E-state index is -1.80. The van der Waals surface area contributed by atoms with Crippen LogP contribution in [-0.4, -0.2) is 84.3 Å². The first kappa shape index (κ1) is 81.3. The number of hydrogen-bond acceptors (Lipinski definition) is 6. The predicted molar refractivity (Wildman–Crippen MR) is 434 cm³/mol. The van der Waals surface area contributed by atoms with Crippen LogP contribution in [-0.2, 0) is 22.9 Å². The van der Waals surface area contributed by atoms with Gasteiger partial charge in [0.25, 0.3) is 14.3 Å². The Morgan fingerprint density at radius 1 is 0.480 bits per heavy atom. The average molecular weight is 1460 g/mol. The molecule has 14 rings (SSSR count). The van der Waals surface area contributed by atoms with Gasteiger partial charge in [0, 0.05) is 31.1 Å². The minimum absolute atomic E-state index is 0.0531. The van der Waals surface area contributed by atoms with E-state index in [-0.39, 0.29) is 11.6 Å². The summed E-state index contributed by atoms with van der Waals surface area (Å²) in [7, 11) is -8.60. The number of piperidine rings is 1. The van der Waals surface area contributed by atoms with E-state index in [1.54, 1.807) is 31.7 Å². The Labute approximate surface area is 612 Å². The highest BCUT2D eigenvalue weighted by Gasteiger charge is 2.55. The fourth-order valence-corrected chi connectivity index (χ4v) is 47.4. The lowest BCUT2D eigenvalue weighted by atomic mass is 10.0. The molecule has 19 unspecified atom stereocenters. The number of carbonyl (C=O) groups excluding carboxylic acids is 2. The molecule has 13 heteroatoms. The van der Waals surface area contributed by atoms with Crippen molar-refractivity contribution in [1.82, 2.24) is 4.57 Å². The van der Waals surface area contributed by atoms with Crippen LogP contribution in [0.1, 0.15) is 280 Å². The number of unbranched alkanes of at least 4 members (excludes halogenated alkanes) is 5. The number of amides is 1. The minimum Gasteiger partial charge on any atom is -0.544 e. The molecule has 1 aliphatic heterocycles. The van der Waals surface area contributed by atoms with Gasteiger partial charge in [-0.1, -0.05) is 187 Å². The van der Waals surface area contributed by atoms with E-state index in [0.717, 1.165) is 131 Å². The molecule has 19 atom stereocenters. The van der Waals surface area contributed by atoms with Gasteiger partial charge in [-0.25, -0.2) is 0 Å². The lowest BCUT2D eigenvalue weighted by Crippen LogP contribution is -2.57. The van der Waals surface area contributed by atoms with Gasteiger partial charge < -0.3 is 22.3 Å². The molecule has 1 amide bonds. The molecule has 0 aromatic heterocycles. The summed E-state index contributed by atoms with van der Waals surface area (Å²) < 4.78 is 27.4. The van der Waals surface area contributed by atoms with Gasteiger partial charge in [0.05, 0.1) is 8.07 Å². The van der Waals surface area contributed by atoms with Crippen molar-refractivity contribution in [2.24, 2.45) is 71.0 Å². The molecule has 12 aliphatic carbocycles. The average Bonchev–Trinajstić information content (AvgIpc) is 1.60. The summed E-state index contributed by atoms with van der Waals surface area (Å²) >= 11 is 0. The van der Waals surface area contributed by atoms with Gasteiger partial charge in [-0.15, -0.1) is 0 Å². The van der Waals surface area contributed by atoms with Crippen molar-refractivity contribution in [2.45, 2.75) is 409 Å². The third-order valence-corrected chi connectivity index (χ3v) is 52.1. The number of rotatable bonds is 23. The predicted octanol–water partition coefficient (Wildman–Crippen LogP) is 26.2. The molecule has 1 saturated heterocycles. The van der Waals surface area contributed by atoms with E-state index in [9.17, 15) is 9.59 Å². The van der Waals surface area contributed by atoms with Crippen molar-refractivity contribution >= 4 is 61.5 Å². The third kappa shape index (κ3) is 21.7. The van der Waals surface area contributed by atoms with Crippen LogP contribution in [0.5, 0.6) is 5.75 Å². The van der Waals surface area contributed by atoms with Crippen molar-refractivity contribution in [1.29, 1.82) is 0 Å². The number of hydrogen-bond donors (Lipinski definition) is 0. The molecule has 7 nitrogen and oxygen atoms in total. The monoisotopic (exact) mass is 1460 g/mol. The maximum atomic E-state index is 12.2. The SMILES string of the molecule is CC(C)(C)O[Si](C)(C)C1CC2CCC1C2.CCC(C)O[Si](C)(C)C1CC2CCC1C2.CCCCCCC(=O)O[Si](C)(C)C1CC2CCC1C2.CCCCC[Si](C)(C)C1CC2CCC1C2.C[Si](C)(C1CC2CCC1C2)N1CCCCC1=O.C[Si](C)(Oc1ccccc1)C1CC2CCC1C2.